The van der Waals surface area contributed by atoms with Crippen molar-refractivity contribution in [3.05, 3.63) is 49.1 Å². The van der Waals surface area contributed by atoms with Crippen LogP contribution in [-0.2, 0) is 11.3 Å². The first-order chi connectivity index (χ1) is 10.7. The number of carbonyl (C=O) groups excluding carboxylic acids is 1. The highest BCUT2D eigenvalue weighted by Gasteiger charge is 2.25. The van der Waals surface area contributed by atoms with Crippen LogP contribution in [0.5, 0.6) is 0 Å². The lowest BCUT2D eigenvalue weighted by Gasteiger charge is -2.37. The van der Waals surface area contributed by atoms with E-state index in [9.17, 15) is 4.79 Å². The van der Waals surface area contributed by atoms with Gasteiger partial charge in [-0.15, -0.1) is 0 Å². The van der Waals surface area contributed by atoms with Crippen LogP contribution in [0.2, 0.25) is 0 Å². The third kappa shape index (κ3) is 3.30. The van der Waals surface area contributed by atoms with Gasteiger partial charge in [-0.2, -0.15) is 0 Å². The minimum absolute atomic E-state index is 0.0162. The Labute approximate surface area is 131 Å². The molecule has 1 amide bonds. The first kappa shape index (κ1) is 14.6. The van der Waals surface area contributed by atoms with Crippen molar-refractivity contribution in [1.82, 2.24) is 14.5 Å². The second-order valence-electron chi connectivity index (χ2n) is 5.81. The summed E-state index contributed by atoms with van der Waals surface area (Å²) in [6, 6.07) is 10.4. The number of imidazole rings is 1. The SMILES string of the molecule is C[C@H](Cn1ccnc1)C(=O)N1CCN(c2ccccc2)CC1. The van der Waals surface area contributed by atoms with Gasteiger partial charge in [0.25, 0.3) is 0 Å². The summed E-state index contributed by atoms with van der Waals surface area (Å²) in [7, 11) is 0. The smallest absolute Gasteiger partial charge is 0.227 e. The molecular weight excluding hydrogens is 276 g/mol. The molecule has 1 fully saturated rings. The van der Waals surface area contributed by atoms with Crippen LogP contribution in [0.15, 0.2) is 49.1 Å². The number of benzene rings is 1. The standard InChI is InChI=1S/C17H22N4O/c1-15(13-19-8-7-18-14-19)17(22)21-11-9-20(10-12-21)16-5-3-2-4-6-16/h2-8,14-15H,9-13H2,1H3/t15-/m1/s1. The fourth-order valence-corrected chi connectivity index (χ4v) is 2.92. The second-order valence-corrected chi connectivity index (χ2v) is 5.81. The zero-order chi connectivity index (χ0) is 15.4. The third-order valence-corrected chi connectivity index (χ3v) is 4.18. The number of hydrogen-bond donors (Lipinski definition) is 0. The van der Waals surface area contributed by atoms with Crippen molar-refractivity contribution in [1.29, 1.82) is 0 Å². The molecule has 2 aromatic rings. The molecule has 1 aliphatic heterocycles. The maximum absolute atomic E-state index is 12.5. The summed E-state index contributed by atoms with van der Waals surface area (Å²) in [5.41, 5.74) is 1.24. The van der Waals surface area contributed by atoms with E-state index >= 15 is 0 Å². The average molecular weight is 298 g/mol. The van der Waals surface area contributed by atoms with E-state index in [0.29, 0.717) is 6.54 Å². The minimum atomic E-state index is -0.0162. The predicted molar refractivity (Wildman–Crippen MR) is 86.6 cm³/mol. The molecule has 1 atom stereocenters. The van der Waals surface area contributed by atoms with Crippen molar-refractivity contribution in [2.45, 2.75) is 13.5 Å². The van der Waals surface area contributed by atoms with Crippen LogP contribution < -0.4 is 4.90 Å². The van der Waals surface area contributed by atoms with Gasteiger partial charge in [0.2, 0.25) is 5.91 Å². The van der Waals surface area contributed by atoms with Gasteiger partial charge in [0.05, 0.1) is 12.2 Å². The summed E-state index contributed by atoms with van der Waals surface area (Å²) in [5, 5.41) is 0. The molecule has 1 aromatic heterocycles. The molecule has 22 heavy (non-hydrogen) atoms. The monoisotopic (exact) mass is 298 g/mol. The average Bonchev–Trinajstić information content (AvgIpc) is 3.08. The topological polar surface area (TPSA) is 41.4 Å². The molecule has 3 rings (SSSR count). The molecule has 1 aliphatic rings. The summed E-state index contributed by atoms with van der Waals surface area (Å²) >= 11 is 0. The van der Waals surface area contributed by atoms with Gasteiger partial charge in [-0.3, -0.25) is 4.79 Å². The number of rotatable bonds is 4. The third-order valence-electron chi connectivity index (χ3n) is 4.18. The minimum Gasteiger partial charge on any atom is -0.368 e. The first-order valence-corrected chi connectivity index (χ1v) is 7.78. The number of amides is 1. The fraction of sp³-hybridized carbons (Fsp3) is 0.412. The van der Waals surface area contributed by atoms with Gasteiger partial charge < -0.3 is 14.4 Å². The first-order valence-electron chi connectivity index (χ1n) is 7.78. The van der Waals surface area contributed by atoms with Crippen LogP contribution in [0.3, 0.4) is 0 Å². The molecule has 1 aromatic carbocycles. The van der Waals surface area contributed by atoms with Crippen LogP contribution >= 0.6 is 0 Å². The molecule has 116 valence electrons. The molecule has 5 heteroatoms. The summed E-state index contributed by atoms with van der Waals surface area (Å²) in [6.45, 7) is 6.06. The van der Waals surface area contributed by atoms with E-state index in [0.717, 1.165) is 26.2 Å². The van der Waals surface area contributed by atoms with Crippen LogP contribution in [0.25, 0.3) is 0 Å². The summed E-state index contributed by atoms with van der Waals surface area (Å²) < 4.78 is 1.96. The molecule has 0 unspecified atom stereocenters. The Kier molecular flexibility index (Phi) is 4.42. The summed E-state index contributed by atoms with van der Waals surface area (Å²) in [6.07, 6.45) is 5.41. The number of hydrogen-bond acceptors (Lipinski definition) is 3. The van der Waals surface area contributed by atoms with Crippen molar-refractivity contribution in [2.75, 3.05) is 31.1 Å². The molecule has 5 nitrogen and oxygen atoms in total. The van der Waals surface area contributed by atoms with E-state index in [1.165, 1.54) is 5.69 Å². The van der Waals surface area contributed by atoms with E-state index in [-0.39, 0.29) is 11.8 Å². The maximum atomic E-state index is 12.5. The van der Waals surface area contributed by atoms with Crippen molar-refractivity contribution in [3.63, 3.8) is 0 Å². The van der Waals surface area contributed by atoms with Crippen molar-refractivity contribution < 1.29 is 4.79 Å². The Hall–Kier alpha value is -2.30. The zero-order valence-corrected chi connectivity index (χ0v) is 12.9. The van der Waals surface area contributed by atoms with Gasteiger partial charge in [-0.1, -0.05) is 25.1 Å². The summed E-state index contributed by atoms with van der Waals surface area (Å²) in [5.74, 6) is 0.221. The second kappa shape index (κ2) is 6.64. The van der Waals surface area contributed by atoms with Crippen LogP contribution in [-0.4, -0.2) is 46.5 Å². The van der Waals surface area contributed by atoms with Gasteiger partial charge in [-0.25, -0.2) is 4.98 Å². The van der Waals surface area contributed by atoms with E-state index in [1.807, 2.05) is 28.7 Å². The molecule has 2 heterocycles. The number of nitrogens with zero attached hydrogens (tertiary/aromatic N) is 4. The fourth-order valence-electron chi connectivity index (χ4n) is 2.92. The van der Waals surface area contributed by atoms with Gasteiger partial charge in [0, 0.05) is 50.8 Å². The highest BCUT2D eigenvalue weighted by molar-refractivity contribution is 5.78. The van der Waals surface area contributed by atoms with Crippen molar-refractivity contribution in [3.8, 4) is 0 Å². The van der Waals surface area contributed by atoms with Crippen molar-refractivity contribution >= 4 is 11.6 Å². The lowest BCUT2D eigenvalue weighted by molar-refractivity contribution is -0.135. The van der Waals surface area contributed by atoms with E-state index < -0.39 is 0 Å². The van der Waals surface area contributed by atoms with E-state index in [2.05, 4.69) is 34.1 Å². The van der Waals surface area contributed by atoms with Crippen LogP contribution in [0.4, 0.5) is 5.69 Å². The molecule has 0 N–H and O–H groups in total. The Morgan fingerprint density at radius 3 is 2.55 bits per heavy atom. The molecule has 0 radical (unpaired) electrons. The molecular formula is C17H22N4O. The Morgan fingerprint density at radius 2 is 1.91 bits per heavy atom. The number of carbonyl (C=O) groups is 1. The summed E-state index contributed by atoms with van der Waals surface area (Å²) in [4.78, 5) is 20.9. The largest absolute Gasteiger partial charge is 0.368 e. The van der Waals surface area contributed by atoms with Gasteiger partial charge in [0.15, 0.2) is 0 Å². The number of anilines is 1. The Bertz CT molecular complexity index is 588. The molecule has 0 spiro atoms. The van der Waals surface area contributed by atoms with Crippen LogP contribution in [0.1, 0.15) is 6.92 Å². The quantitative estimate of drug-likeness (QED) is 0.865. The number of aromatic nitrogens is 2. The zero-order valence-electron chi connectivity index (χ0n) is 12.9. The lowest BCUT2D eigenvalue weighted by atomic mass is 10.1. The number of para-hydroxylation sites is 1. The molecule has 0 bridgehead atoms. The molecule has 0 aliphatic carbocycles. The predicted octanol–water partition coefficient (Wildman–Crippen LogP) is 1.87. The van der Waals surface area contributed by atoms with Gasteiger partial charge in [0.1, 0.15) is 0 Å². The normalized spacial score (nSPS) is 16.6. The Balaban J connectivity index is 1.53. The van der Waals surface area contributed by atoms with E-state index in [1.54, 1.807) is 12.5 Å². The maximum Gasteiger partial charge on any atom is 0.227 e. The van der Waals surface area contributed by atoms with Crippen LogP contribution in [0, 0.1) is 5.92 Å². The number of piperazine rings is 1. The van der Waals surface area contributed by atoms with E-state index in [4.69, 9.17) is 0 Å². The van der Waals surface area contributed by atoms with Crippen molar-refractivity contribution in [2.24, 2.45) is 5.92 Å². The molecule has 0 saturated carbocycles. The molecule has 1 saturated heterocycles. The highest BCUT2D eigenvalue weighted by atomic mass is 16.2. The highest BCUT2D eigenvalue weighted by Crippen LogP contribution is 2.17. The van der Waals surface area contributed by atoms with Gasteiger partial charge >= 0.3 is 0 Å². The lowest BCUT2D eigenvalue weighted by Crippen LogP contribution is -2.50. The van der Waals surface area contributed by atoms with Gasteiger partial charge in [-0.05, 0) is 12.1 Å². The Morgan fingerprint density at radius 1 is 1.18 bits per heavy atom.